The van der Waals surface area contributed by atoms with Gasteiger partial charge in [-0.15, -0.1) is 32.9 Å². The first kappa shape index (κ1) is 20.3. The first-order chi connectivity index (χ1) is 14.1. The van der Waals surface area contributed by atoms with Crippen molar-refractivity contribution in [1.82, 2.24) is 14.9 Å². The van der Waals surface area contributed by atoms with Gasteiger partial charge in [0.2, 0.25) is 5.16 Å². The average Bonchev–Trinajstić information content (AvgIpc) is 3.48. The number of nitrogen functional groups attached to an aromatic ring is 1. The number of carbonyl (C=O) groups is 1. The summed E-state index contributed by atoms with van der Waals surface area (Å²) >= 11 is 8.07. The molecule has 4 rings (SSSR count). The van der Waals surface area contributed by atoms with Gasteiger partial charge in [-0.05, 0) is 40.6 Å². The lowest BCUT2D eigenvalue weighted by Gasteiger charge is -2.16. The van der Waals surface area contributed by atoms with Crippen LogP contribution in [0.5, 0.6) is 0 Å². The normalized spacial score (nSPS) is 12.2. The Morgan fingerprint density at radius 3 is 2.55 bits per heavy atom. The molecule has 9 heteroatoms. The molecule has 0 aliphatic rings. The van der Waals surface area contributed by atoms with Crippen molar-refractivity contribution >= 4 is 56.1 Å². The number of thiophene rings is 2. The Bertz CT molecular complexity index is 1080. The van der Waals surface area contributed by atoms with E-state index in [2.05, 4.69) is 32.2 Å². The van der Waals surface area contributed by atoms with Crippen LogP contribution in [0, 0.1) is 0 Å². The molecular formula is C20H17BrN4OS3. The van der Waals surface area contributed by atoms with E-state index in [9.17, 15) is 4.79 Å². The number of hydrogen-bond acceptors (Lipinski definition) is 7. The Balaban J connectivity index is 1.57. The Morgan fingerprint density at radius 1 is 1.10 bits per heavy atom. The highest BCUT2D eigenvalue weighted by atomic mass is 79.9. The molecule has 3 heterocycles. The van der Waals surface area contributed by atoms with Crippen molar-refractivity contribution in [3.63, 3.8) is 0 Å². The Labute approximate surface area is 189 Å². The fourth-order valence-corrected chi connectivity index (χ4v) is 5.55. The number of ketones is 1. The summed E-state index contributed by atoms with van der Waals surface area (Å²) in [6.45, 7) is 0. The minimum atomic E-state index is -0.112. The zero-order valence-electron chi connectivity index (χ0n) is 15.2. The predicted octanol–water partition coefficient (Wildman–Crippen LogP) is 5.57. The van der Waals surface area contributed by atoms with Crippen LogP contribution in [0.4, 0.5) is 0 Å². The molecule has 29 heavy (non-hydrogen) atoms. The lowest BCUT2D eigenvalue weighted by molar-refractivity contribution is 0.0986. The van der Waals surface area contributed by atoms with Crippen LogP contribution in [0.25, 0.3) is 0 Å². The third-order valence-corrected chi connectivity index (χ3v) is 7.83. The van der Waals surface area contributed by atoms with Crippen molar-refractivity contribution in [2.24, 2.45) is 0 Å². The number of carbonyl (C=O) groups excluding carboxylic acids is 1. The highest BCUT2D eigenvalue weighted by Gasteiger charge is 2.23. The zero-order chi connectivity index (χ0) is 20.2. The number of Topliss-reactive ketones (excluding diaryl/α,β-unsaturated/α-hetero) is 1. The highest BCUT2D eigenvalue weighted by Crippen LogP contribution is 2.38. The second kappa shape index (κ2) is 9.25. The van der Waals surface area contributed by atoms with Crippen molar-refractivity contribution in [3.8, 4) is 0 Å². The second-order valence-electron chi connectivity index (χ2n) is 6.29. The molecule has 0 bridgehead atoms. The molecule has 1 atom stereocenters. The summed E-state index contributed by atoms with van der Waals surface area (Å²) in [5, 5.41) is 13.0. The molecule has 1 aromatic carbocycles. The molecule has 148 valence electrons. The van der Waals surface area contributed by atoms with Gasteiger partial charge in [0.05, 0.1) is 4.88 Å². The lowest BCUT2D eigenvalue weighted by Crippen LogP contribution is -2.15. The van der Waals surface area contributed by atoms with Gasteiger partial charge in [0.25, 0.3) is 0 Å². The zero-order valence-corrected chi connectivity index (χ0v) is 19.2. The van der Waals surface area contributed by atoms with E-state index in [4.69, 9.17) is 5.84 Å². The predicted molar refractivity (Wildman–Crippen MR) is 123 cm³/mol. The van der Waals surface area contributed by atoms with Gasteiger partial charge in [0, 0.05) is 27.4 Å². The van der Waals surface area contributed by atoms with Crippen LogP contribution in [-0.2, 0) is 6.42 Å². The van der Waals surface area contributed by atoms with Crippen molar-refractivity contribution in [2.45, 2.75) is 23.2 Å². The summed E-state index contributed by atoms with van der Waals surface area (Å²) < 4.78 is 2.53. The summed E-state index contributed by atoms with van der Waals surface area (Å²) in [4.78, 5) is 14.7. The number of aromatic nitrogens is 3. The lowest BCUT2D eigenvalue weighted by atomic mass is 10.1. The van der Waals surface area contributed by atoms with E-state index in [1.165, 1.54) is 32.7 Å². The number of hydrogen-bond donors (Lipinski definition) is 1. The van der Waals surface area contributed by atoms with Crippen molar-refractivity contribution < 1.29 is 4.79 Å². The average molecular weight is 505 g/mol. The molecule has 4 aromatic rings. The molecule has 0 saturated heterocycles. The molecule has 0 fully saturated rings. The second-order valence-corrected chi connectivity index (χ2v) is 10.4. The van der Waals surface area contributed by atoms with E-state index in [1.54, 1.807) is 11.3 Å². The molecule has 0 aliphatic carbocycles. The largest absolute Gasteiger partial charge is 0.336 e. The van der Waals surface area contributed by atoms with Crippen LogP contribution in [0.1, 0.15) is 37.6 Å². The minimum Gasteiger partial charge on any atom is -0.336 e. The minimum absolute atomic E-state index is 0.112. The third-order valence-electron chi connectivity index (χ3n) is 4.30. The molecule has 0 saturated carbocycles. The summed E-state index contributed by atoms with van der Waals surface area (Å²) in [5.41, 5.74) is 1.05. The van der Waals surface area contributed by atoms with Gasteiger partial charge >= 0.3 is 0 Å². The van der Waals surface area contributed by atoms with Gasteiger partial charge < -0.3 is 5.84 Å². The highest BCUT2D eigenvalue weighted by molar-refractivity contribution is 9.10. The number of thioether (sulfide) groups is 1. The van der Waals surface area contributed by atoms with E-state index in [0.717, 1.165) is 14.9 Å². The molecule has 5 nitrogen and oxygen atoms in total. The van der Waals surface area contributed by atoms with Crippen LogP contribution in [-0.4, -0.2) is 20.7 Å². The van der Waals surface area contributed by atoms with Gasteiger partial charge in [-0.2, -0.15) is 0 Å². The summed E-state index contributed by atoms with van der Waals surface area (Å²) in [6, 6.07) is 15.8. The maximum atomic E-state index is 12.8. The third kappa shape index (κ3) is 4.98. The van der Waals surface area contributed by atoms with E-state index in [-0.39, 0.29) is 11.0 Å². The molecule has 0 spiro atoms. The molecule has 3 aromatic heterocycles. The van der Waals surface area contributed by atoms with Crippen molar-refractivity contribution in [2.75, 3.05) is 5.84 Å². The number of nitrogens with two attached hydrogens (primary N) is 1. The number of rotatable bonds is 8. The number of halogens is 1. The van der Waals surface area contributed by atoms with Crippen LogP contribution in [0.3, 0.4) is 0 Å². The first-order valence-corrected chi connectivity index (χ1v) is 12.2. The van der Waals surface area contributed by atoms with E-state index in [0.29, 0.717) is 23.8 Å². The van der Waals surface area contributed by atoms with Gasteiger partial charge in [-0.3, -0.25) is 4.79 Å². The van der Waals surface area contributed by atoms with Crippen LogP contribution in [0.15, 0.2) is 68.9 Å². The Hall–Kier alpha value is -1.94. The van der Waals surface area contributed by atoms with Crippen molar-refractivity contribution in [1.29, 1.82) is 0 Å². The van der Waals surface area contributed by atoms with Gasteiger partial charge in [-0.25, -0.2) is 4.68 Å². The molecule has 0 radical (unpaired) electrons. The van der Waals surface area contributed by atoms with E-state index < -0.39 is 0 Å². The summed E-state index contributed by atoms with van der Waals surface area (Å²) in [5.74, 6) is 7.10. The van der Waals surface area contributed by atoms with Crippen LogP contribution < -0.4 is 5.84 Å². The van der Waals surface area contributed by atoms with Gasteiger partial charge in [0.1, 0.15) is 0 Å². The maximum absolute atomic E-state index is 12.8. The standard InChI is InChI=1S/C20H17BrN4OS3/c21-14-7-5-13(6-8-14)18(12-16(26)17-4-2-10-28-17)29-20-24-23-19(25(20)22)11-15-3-1-9-27-15/h1-10,18H,11-12,22H2/t18-/m0/s1. The maximum Gasteiger partial charge on any atom is 0.210 e. The van der Waals surface area contributed by atoms with Crippen LogP contribution >= 0.6 is 50.4 Å². The molecular weight excluding hydrogens is 488 g/mol. The Morgan fingerprint density at radius 2 is 1.86 bits per heavy atom. The first-order valence-electron chi connectivity index (χ1n) is 8.80. The van der Waals surface area contributed by atoms with E-state index in [1.807, 2.05) is 53.2 Å². The fraction of sp³-hybridized carbons (Fsp3) is 0.150. The fourth-order valence-electron chi connectivity index (χ4n) is 2.82. The van der Waals surface area contributed by atoms with E-state index >= 15 is 0 Å². The quantitative estimate of drug-likeness (QED) is 0.192. The Kier molecular flexibility index (Phi) is 6.49. The molecule has 0 unspecified atom stereocenters. The molecule has 0 amide bonds. The number of benzene rings is 1. The van der Waals surface area contributed by atoms with Crippen molar-refractivity contribution in [3.05, 3.63) is 84.9 Å². The summed E-state index contributed by atoms with van der Waals surface area (Å²) in [6.07, 6.45) is 0.999. The SMILES string of the molecule is Nn1c(Cc2cccs2)nnc1S[C@@H](CC(=O)c1cccs1)c1ccc(Br)cc1. The van der Waals surface area contributed by atoms with Gasteiger partial charge in [0.15, 0.2) is 11.6 Å². The smallest absolute Gasteiger partial charge is 0.210 e. The van der Waals surface area contributed by atoms with Gasteiger partial charge in [-0.1, -0.05) is 52.0 Å². The number of nitrogens with zero attached hydrogens (tertiary/aromatic N) is 3. The monoisotopic (exact) mass is 504 g/mol. The topological polar surface area (TPSA) is 73.8 Å². The summed E-state index contributed by atoms with van der Waals surface area (Å²) in [7, 11) is 0. The van der Waals surface area contributed by atoms with Crippen LogP contribution in [0.2, 0.25) is 0 Å². The molecule has 0 aliphatic heterocycles. The molecule has 2 N–H and O–H groups in total.